The fraction of sp³-hybridized carbons (Fsp3) is 0.308. The van der Waals surface area contributed by atoms with Crippen LogP contribution in [-0.4, -0.2) is 34.1 Å². The van der Waals surface area contributed by atoms with Gasteiger partial charge in [-0.25, -0.2) is 4.68 Å². The summed E-state index contributed by atoms with van der Waals surface area (Å²) < 4.78 is 12.3. The number of amides is 1. The average molecular weight is 289 g/mol. The largest absolute Gasteiger partial charge is 0.486 e. The smallest absolute Gasteiger partial charge is 0.246 e. The molecule has 0 spiro atoms. The van der Waals surface area contributed by atoms with Crippen molar-refractivity contribution in [3.05, 3.63) is 30.1 Å². The van der Waals surface area contributed by atoms with Gasteiger partial charge >= 0.3 is 0 Å². The molecule has 2 heterocycles. The topological polar surface area (TPSA) is 104 Å². The number of aromatic nitrogens is 3. The summed E-state index contributed by atoms with van der Waals surface area (Å²) in [6, 6.07) is 5.27. The van der Waals surface area contributed by atoms with Crippen LogP contribution in [0.3, 0.4) is 0 Å². The molecule has 0 saturated carbocycles. The van der Waals surface area contributed by atoms with Gasteiger partial charge in [0.2, 0.25) is 5.91 Å². The number of benzene rings is 1. The van der Waals surface area contributed by atoms with Gasteiger partial charge < -0.3 is 20.5 Å². The number of hydrogen-bond acceptors (Lipinski definition) is 6. The van der Waals surface area contributed by atoms with E-state index >= 15 is 0 Å². The van der Waals surface area contributed by atoms with Crippen molar-refractivity contribution in [1.29, 1.82) is 0 Å². The highest BCUT2D eigenvalue weighted by Gasteiger charge is 2.13. The third kappa shape index (κ3) is 3.11. The zero-order valence-electron chi connectivity index (χ0n) is 11.3. The molecule has 3 N–H and O–H groups in total. The Bertz CT molecular complexity index is 655. The first-order valence-corrected chi connectivity index (χ1v) is 6.53. The predicted molar refractivity (Wildman–Crippen MR) is 74.0 cm³/mol. The van der Waals surface area contributed by atoms with Gasteiger partial charge in [-0.2, -0.15) is 0 Å². The lowest BCUT2D eigenvalue weighted by Crippen LogP contribution is -2.20. The van der Waals surface area contributed by atoms with Crippen LogP contribution in [0.1, 0.15) is 5.69 Å². The Morgan fingerprint density at radius 3 is 2.90 bits per heavy atom. The third-order valence-electron chi connectivity index (χ3n) is 2.93. The molecule has 0 saturated heterocycles. The molecular formula is C13H15N5O3. The normalized spacial score (nSPS) is 13.0. The number of carbonyl (C=O) groups excluding carboxylic acids is 1. The van der Waals surface area contributed by atoms with Crippen LogP contribution in [0.2, 0.25) is 0 Å². The van der Waals surface area contributed by atoms with Crippen molar-refractivity contribution in [3.8, 4) is 11.5 Å². The molecule has 0 bridgehead atoms. The number of ether oxygens (including phenoxy) is 2. The number of rotatable bonds is 4. The van der Waals surface area contributed by atoms with E-state index in [1.165, 1.54) is 4.68 Å². The van der Waals surface area contributed by atoms with Gasteiger partial charge in [0, 0.05) is 18.3 Å². The van der Waals surface area contributed by atoms with Crippen LogP contribution >= 0.6 is 0 Å². The molecule has 1 aromatic heterocycles. The van der Waals surface area contributed by atoms with E-state index in [1.54, 1.807) is 24.4 Å². The number of nitrogens with one attached hydrogen (secondary N) is 1. The zero-order chi connectivity index (χ0) is 14.7. The summed E-state index contributed by atoms with van der Waals surface area (Å²) >= 11 is 0. The SMILES string of the molecule is NCc1cn(CC(=O)Nc2ccc3c(c2)OCCO3)nn1. The maximum absolute atomic E-state index is 11.9. The van der Waals surface area contributed by atoms with E-state index in [9.17, 15) is 4.79 Å². The second-order valence-corrected chi connectivity index (χ2v) is 4.52. The molecule has 0 unspecified atom stereocenters. The second kappa shape index (κ2) is 5.80. The Morgan fingerprint density at radius 1 is 1.33 bits per heavy atom. The molecule has 2 aromatic rings. The minimum absolute atomic E-state index is 0.0709. The predicted octanol–water partition coefficient (Wildman–Crippen LogP) is 0.147. The summed E-state index contributed by atoms with van der Waals surface area (Å²) in [5.74, 6) is 1.11. The van der Waals surface area contributed by atoms with Crippen LogP contribution < -0.4 is 20.5 Å². The van der Waals surface area contributed by atoms with E-state index in [0.29, 0.717) is 42.6 Å². The van der Waals surface area contributed by atoms with Gasteiger partial charge in [0.25, 0.3) is 0 Å². The van der Waals surface area contributed by atoms with Crippen LogP contribution in [0.5, 0.6) is 11.5 Å². The van der Waals surface area contributed by atoms with E-state index in [4.69, 9.17) is 15.2 Å². The lowest BCUT2D eigenvalue weighted by molar-refractivity contribution is -0.116. The molecule has 3 rings (SSSR count). The van der Waals surface area contributed by atoms with Crippen molar-refractivity contribution >= 4 is 11.6 Å². The van der Waals surface area contributed by atoms with Crippen molar-refractivity contribution in [3.63, 3.8) is 0 Å². The standard InChI is InChI=1S/C13H15N5O3/c14-6-10-7-18(17-16-10)8-13(19)15-9-1-2-11-12(5-9)21-4-3-20-11/h1-2,5,7H,3-4,6,8,14H2,(H,15,19). The number of nitrogens with two attached hydrogens (primary N) is 1. The molecule has 1 amide bonds. The highest BCUT2D eigenvalue weighted by atomic mass is 16.6. The minimum Gasteiger partial charge on any atom is -0.486 e. The lowest BCUT2D eigenvalue weighted by atomic mass is 10.2. The van der Waals surface area contributed by atoms with Crippen LogP contribution in [0.4, 0.5) is 5.69 Å². The van der Waals surface area contributed by atoms with E-state index < -0.39 is 0 Å². The maximum atomic E-state index is 11.9. The van der Waals surface area contributed by atoms with Gasteiger partial charge in [-0.3, -0.25) is 4.79 Å². The van der Waals surface area contributed by atoms with Gasteiger partial charge in [-0.1, -0.05) is 5.21 Å². The van der Waals surface area contributed by atoms with Crippen LogP contribution in [-0.2, 0) is 17.9 Å². The van der Waals surface area contributed by atoms with Crippen LogP contribution in [0.25, 0.3) is 0 Å². The summed E-state index contributed by atoms with van der Waals surface area (Å²) in [7, 11) is 0. The molecule has 0 atom stereocenters. The fourth-order valence-corrected chi connectivity index (χ4v) is 1.98. The Morgan fingerprint density at radius 2 is 2.14 bits per heavy atom. The van der Waals surface area contributed by atoms with Crippen LogP contribution in [0.15, 0.2) is 24.4 Å². The van der Waals surface area contributed by atoms with Gasteiger partial charge in [0.15, 0.2) is 11.5 Å². The Balaban J connectivity index is 1.64. The van der Waals surface area contributed by atoms with E-state index in [0.717, 1.165) is 0 Å². The highest BCUT2D eigenvalue weighted by molar-refractivity contribution is 5.90. The summed E-state index contributed by atoms with van der Waals surface area (Å²) in [6.45, 7) is 1.41. The first-order valence-electron chi connectivity index (χ1n) is 6.53. The molecule has 1 aliphatic rings. The summed E-state index contributed by atoms with van der Waals surface area (Å²) in [5, 5.41) is 10.4. The van der Waals surface area contributed by atoms with Gasteiger partial charge in [0.05, 0.1) is 11.9 Å². The Labute approximate surface area is 120 Å². The van der Waals surface area contributed by atoms with E-state index in [-0.39, 0.29) is 12.5 Å². The van der Waals surface area contributed by atoms with Crippen molar-refractivity contribution in [2.24, 2.45) is 5.73 Å². The second-order valence-electron chi connectivity index (χ2n) is 4.52. The molecular weight excluding hydrogens is 274 g/mol. The van der Waals surface area contributed by atoms with Crippen LogP contribution in [0, 0.1) is 0 Å². The molecule has 110 valence electrons. The lowest BCUT2D eigenvalue weighted by Gasteiger charge is -2.18. The molecule has 0 radical (unpaired) electrons. The average Bonchev–Trinajstić information content (AvgIpc) is 2.94. The van der Waals surface area contributed by atoms with Crippen molar-refractivity contribution in [2.45, 2.75) is 13.1 Å². The summed E-state index contributed by atoms with van der Waals surface area (Å²) in [4.78, 5) is 11.9. The third-order valence-corrected chi connectivity index (χ3v) is 2.93. The highest BCUT2D eigenvalue weighted by Crippen LogP contribution is 2.32. The molecule has 1 aliphatic heterocycles. The number of anilines is 1. The number of hydrogen-bond donors (Lipinski definition) is 2. The molecule has 0 fully saturated rings. The Hall–Kier alpha value is -2.61. The Kier molecular flexibility index (Phi) is 3.69. The molecule has 8 heteroatoms. The summed E-state index contributed by atoms with van der Waals surface area (Å²) in [6.07, 6.45) is 1.64. The number of fused-ring (bicyclic) bond motifs is 1. The molecule has 1 aromatic carbocycles. The number of carbonyl (C=O) groups is 1. The maximum Gasteiger partial charge on any atom is 0.246 e. The number of nitrogens with zero attached hydrogens (tertiary/aromatic N) is 3. The van der Waals surface area contributed by atoms with Gasteiger partial charge in [0.1, 0.15) is 19.8 Å². The van der Waals surface area contributed by atoms with Crippen molar-refractivity contribution in [2.75, 3.05) is 18.5 Å². The zero-order valence-corrected chi connectivity index (χ0v) is 11.3. The van der Waals surface area contributed by atoms with Gasteiger partial charge in [-0.05, 0) is 12.1 Å². The van der Waals surface area contributed by atoms with Crippen molar-refractivity contribution in [1.82, 2.24) is 15.0 Å². The van der Waals surface area contributed by atoms with E-state index in [1.807, 2.05) is 0 Å². The molecule has 8 nitrogen and oxygen atoms in total. The first kappa shape index (κ1) is 13.4. The quantitative estimate of drug-likeness (QED) is 0.830. The minimum atomic E-state index is -0.208. The first-order chi connectivity index (χ1) is 10.2. The monoisotopic (exact) mass is 289 g/mol. The summed E-state index contributed by atoms with van der Waals surface area (Å²) in [5.41, 5.74) is 6.72. The molecule has 0 aliphatic carbocycles. The molecule has 21 heavy (non-hydrogen) atoms. The van der Waals surface area contributed by atoms with E-state index in [2.05, 4.69) is 15.6 Å². The van der Waals surface area contributed by atoms with Gasteiger partial charge in [-0.15, -0.1) is 5.10 Å². The van der Waals surface area contributed by atoms with Crippen molar-refractivity contribution < 1.29 is 14.3 Å². The fourth-order valence-electron chi connectivity index (χ4n) is 1.98.